The lowest BCUT2D eigenvalue weighted by molar-refractivity contribution is -0.143. The Morgan fingerprint density at radius 1 is 1.53 bits per heavy atom. The zero-order valence-electron chi connectivity index (χ0n) is 8.62. The van der Waals surface area contributed by atoms with Crippen molar-refractivity contribution in [3.05, 3.63) is 0 Å². The van der Waals surface area contributed by atoms with Crippen molar-refractivity contribution in [3.63, 3.8) is 0 Å². The molecule has 2 N–H and O–H groups in total. The Morgan fingerprint density at radius 3 is 2.60 bits per heavy atom. The lowest BCUT2D eigenvalue weighted by Gasteiger charge is -2.19. The summed E-state index contributed by atoms with van der Waals surface area (Å²) in [7, 11) is -2.76. The number of rotatable bonds is 4. The lowest BCUT2D eigenvalue weighted by atomic mass is 10.3. The van der Waals surface area contributed by atoms with Gasteiger partial charge in [-0.05, 0) is 6.92 Å². The van der Waals surface area contributed by atoms with Crippen LogP contribution in [0.1, 0.15) is 13.3 Å². The number of carbonyl (C=O) groups excluding carboxylic acids is 1. The highest BCUT2D eigenvalue weighted by Crippen LogP contribution is 2.62. The molecule has 0 aromatic rings. The predicted molar refractivity (Wildman–Crippen MR) is 53.5 cm³/mol. The van der Waals surface area contributed by atoms with E-state index in [1.54, 1.807) is 6.92 Å². The van der Waals surface area contributed by atoms with E-state index >= 15 is 0 Å². The molecule has 0 saturated carbocycles. The first-order chi connectivity index (χ1) is 7.12. The molecular weight excluding hydrogens is 219 g/mol. The molecule has 2 heterocycles. The molecule has 0 amide bonds. The number of esters is 1. The van der Waals surface area contributed by atoms with Crippen LogP contribution in [0.2, 0.25) is 0 Å². The first-order valence-electron chi connectivity index (χ1n) is 5.02. The number of hydrogen-bond acceptors (Lipinski definition) is 4. The largest absolute Gasteiger partial charge is 0.466 e. The van der Waals surface area contributed by atoms with Crippen molar-refractivity contribution in [1.29, 1.82) is 0 Å². The maximum atomic E-state index is 12.3. The van der Waals surface area contributed by atoms with Gasteiger partial charge in [-0.3, -0.25) is 19.5 Å². The summed E-state index contributed by atoms with van der Waals surface area (Å²) in [6, 6.07) is 0. The maximum Gasteiger partial charge on any atom is 0.309 e. The van der Waals surface area contributed by atoms with Crippen molar-refractivity contribution in [2.45, 2.75) is 18.7 Å². The Bertz CT molecular complexity index is 306. The van der Waals surface area contributed by atoms with Crippen LogP contribution in [-0.2, 0) is 18.8 Å². The number of carbonyl (C=O) groups is 1. The van der Waals surface area contributed by atoms with Gasteiger partial charge < -0.3 is 9.47 Å². The average Bonchev–Trinajstić information content (AvgIpc) is 2.82. The van der Waals surface area contributed by atoms with E-state index in [2.05, 4.69) is 10.2 Å². The van der Waals surface area contributed by atoms with Gasteiger partial charge >= 0.3 is 5.97 Å². The second kappa shape index (κ2) is 3.87. The molecule has 2 aliphatic heterocycles. The van der Waals surface area contributed by atoms with Gasteiger partial charge in [0.05, 0.1) is 19.6 Å². The van der Waals surface area contributed by atoms with E-state index in [4.69, 9.17) is 9.47 Å². The fourth-order valence-corrected chi connectivity index (χ4v) is 4.01. The monoisotopic (exact) mass is 234 g/mol. The van der Waals surface area contributed by atoms with Crippen LogP contribution in [-0.4, -0.2) is 37.6 Å². The molecular formula is C8H15N2O4P. The molecule has 86 valence electrons. The zero-order valence-corrected chi connectivity index (χ0v) is 9.51. The Morgan fingerprint density at radius 2 is 2.13 bits per heavy atom. The normalized spacial score (nSPS) is 32.6. The zero-order chi connectivity index (χ0) is 10.9. The third-order valence-electron chi connectivity index (χ3n) is 2.57. The van der Waals surface area contributed by atoms with E-state index in [-0.39, 0.29) is 12.4 Å². The van der Waals surface area contributed by atoms with Crippen LogP contribution in [0.4, 0.5) is 0 Å². The van der Waals surface area contributed by atoms with Crippen molar-refractivity contribution in [2.75, 3.05) is 26.3 Å². The van der Waals surface area contributed by atoms with E-state index in [9.17, 15) is 9.36 Å². The van der Waals surface area contributed by atoms with Gasteiger partial charge in [-0.25, -0.2) is 0 Å². The van der Waals surface area contributed by atoms with E-state index in [1.807, 2.05) is 0 Å². The van der Waals surface area contributed by atoms with Crippen molar-refractivity contribution >= 4 is 13.4 Å². The summed E-state index contributed by atoms with van der Waals surface area (Å²) in [6.45, 7) is 3.71. The second-order valence-electron chi connectivity index (χ2n) is 3.64. The molecule has 7 heteroatoms. The van der Waals surface area contributed by atoms with Gasteiger partial charge in [0.25, 0.3) is 0 Å². The Kier molecular flexibility index (Phi) is 2.85. The fraction of sp³-hybridized carbons (Fsp3) is 0.875. The number of nitrogens with one attached hydrogen (secondary N) is 2. The van der Waals surface area contributed by atoms with Crippen molar-refractivity contribution in [3.8, 4) is 0 Å². The third-order valence-corrected chi connectivity index (χ3v) is 5.47. The fourth-order valence-electron chi connectivity index (χ4n) is 1.69. The molecule has 0 radical (unpaired) electrons. The second-order valence-corrected chi connectivity index (χ2v) is 6.31. The number of ether oxygens (including phenoxy) is 2. The van der Waals surface area contributed by atoms with Gasteiger partial charge in [-0.2, -0.15) is 0 Å². The van der Waals surface area contributed by atoms with Crippen LogP contribution in [0.3, 0.4) is 0 Å². The van der Waals surface area contributed by atoms with Gasteiger partial charge in [0.2, 0.25) is 7.44 Å². The van der Waals surface area contributed by atoms with Crippen molar-refractivity contribution in [2.24, 2.45) is 0 Å². The smallest absolute Gasteiger partial charge is 0.309 e. The lowest BCUT2D eigenvalue weighted by Crippen LogP contribution is -2.27. The molecule has 2 aliphatic rings. The number of hydrogen-bond donors (Lipinski definition) is 2. The summed E-state index contributed by atoms with van der Waals surface area (Å²) >= 11 is 0. The molecule has 2 saturated heterocycles. The van der Waals surface area contributed by atoms with Crippen molar-refractivity contribution in [1.82, 2.24) is 10.2 Å². The summed E-state index contributed by atoms with van der Waals surface area (Å²) in [5.74, 6) is -0.360. The first kappa shape index (κ1) is 11.1. The van der Waals surface area contributed by atoms with Crippen LogP contribution < -0.4 is 10.2 Å². The molecule has 0 bridgehead atoms. The molecule has 0 aromatic heterocycles. The van der Waals surface area contributed by atoms with Crippen LogP contribution in [0.5, 0.6) is 0 Å². The highest BCUT2D eigenvalue weighted by atomic mass is 31.2. The molecule has 0 aromatic carbocycles. The van der Waals surface area contributed by atoms with E-state index in [0.29, 0.717) is 26.3 Å². The van der Waals surface area contributed by atoms with Crippen molar-refractivity contribution < 1.29 is 18.8 Å². The van der Waals surface area contributed by atoms with Gasteiger partial charge in [0.15, 0.2) is 5.34 Å². The molecule has 0 spiro atoms. The SMILES string of the molecule is CCOC(=O)CC1(P2(=O)NCCN2)CO1. The van der Waals surface area contributed by atoms with Crippen LogP contribution >= 0.6 is 7.44 Å². The molecule has 1 atom stereocenters. The van der Waals surface area contributed by atoms with Gasteiger partial charge in [0, 0.05) is 13.1 Å². The minimum absolute atomic E-state index is 0.0537. The van der Waals surface area contributed by atoms with Crippen LogP contribution in [0.25, 0.3) is 0 Å². The molecule has 6 nitrogen and oxygen atoms in total. The summed E-state index contributed by atoms with van der Waals surface area (Å²) in [5, 5.41) is 4.94. The number of epoxide rings is 1. The average molecular weight is 234 g/mol. The quantitative estimate of drug-likeness (QED) is 0.406. The molecule has 0 aliphatic carbocycles. The summed E-state index contributed by atoms with van der Waals surface area (Å²) in [6.07, 6.45) is 0.0537. The Labute approximate surface area is 88.2 Å². The summed E-state index contributed by atoms with van der Waals surface area (Å²) in [4.78, 5) is 11.3. The molecule has 1 unspecified atom stereocenters. The topological polar surface area (TPSA) is 80.0 Å². The Hall–Kier alpha value is -0.420. The highest BCUT2D eigenvalue weighted by molar-refractivity contribution is 7.62. The van der Waals surface area contributed by atoms with Crippen LogP contribution in [0, 0.1) is 0 Å². The van der Waals surface area contributed by atoms with Gasteiger partial charge in [0.1, 0.15) is 0 Å². The first-order valence-corrected chi connectivity index (χ1v) is 6.72. The maximum absolute atomic E-state index is 12.3. The van der Waals surface area contributed by atoms with E-state index in [1.165, 1.54) is 0 Å². The molecule has 2 fully saturated rings. The van der Waals surface area contributed by atoms with Gasteiger partial charge in [-0.15, -0.1) is 0 Å². The minimum Gasteiger partial charge on any atom is -0.466 e. The van der Waals surface area contributed by atoms with E-state index < -0.39 is 12.8 Å². The standard InChI is InChI=1S/C8H15N2O4P/c1-2-13-7(11)5-8(6-14-8)15(12)9-3-4-10-15/h2-6H2,1H3,(H2,9,10,12). The molecule has 2 rings (SSSR count). The third kappa shape index (κ3) is 1.95. The molecule has 15 heavy (non-hydrogen) atoms. The summed E-state index contributed by atoms with van der Waals surface area (Å²) in [5.41, 5.74) is 0. The van der Waals surface area contributed by atoms with Crippen LogP contribution in [0.15, 0.2) is 0 Å². The summed E-state index contributed by atoms with van der Waals surface area (Å²) < 4.78 is 22.3. The highest BCUT2D eigenvalue weighted by Gasteiger charge is 2.62. The minimum atomic E-state index is -2.76. The Balaban J connectivity index is 2.01. The predicted octanol–water partition coefficient (Wildman–Crippen LogP) is 0.0520. The van der Waals surface area contributed by atoms with E-state index in [0.717, 1.165) is 0 Å². The van der Waals surface area contributed by atoms with Gasteiger partial charge in [-0.1, -0.05) is 0 Å².